The summed E-state index contributed by atoms with van der Waals surface area (Å²) < 4.78 is 1.67. The van der Waals surface area contributed by atoms with E-state index in [0.717, 1.165) is 42.3 Å². The molecule has 0 saturated carbocycles. The van der Waals surface area contributed by atoms with Gasteiger partial charge in [-0.2, -0.15) is 0 Å². The second-order valence-corrected chi connectivity index (χ2v) is 9.03. The number of fused-ring (bicyclic) bond motifs is 3. The third kappa shape index (κ3) is 4.41. The molecule has 0 aromatic carbocycles. The van der Waals surface area contributed by atoms with Crippen LogP contribution in [0, 0.1) is 0 Å². The minimum Gasteiger partial charge on any atom is -0.335 e. The van der Waals surface area contributed by atoms with E-state index >= 15 is 0 Å². The average molecular weight is 423 g/mol. The van der Waals surface area contributed by atoms with Gasteiger partial charge in [-0.15, -0.1) is 11.3 Å². The van der Waals surface area contributed by atoms with E-state index < -0.39 is 11.9 Å². The van der Waals surface area contributed by atoms with Crippen molar-refractivity contribution in [2.24, 2.45) is 0 Å². The molecule has 1 aliphatic carbocycles. The molecule has 0 saturated heterocycles. The number of aryl methyl sites for hydroxylation is 2. The number of thioether (sulfide) groups is 1. The predicted octanol–water partition coefficient (Wildman–Crippen LogP) is 3.07. The minimum absolute atomic E-state index is 0.0000378. The van der Waals surface area contributed by atoms with E-state index in [-0.39, 0.29) is 17.4 Å². The van der Waals surface area contributed by atoms with Crippen molar-refractivity contribution in [3.63, 3.8) is 0 Å². The van der Waals surface area contributed by atoms with Crippen molar-refractivity contribution in [2.75, 3.05) is 5.75 Å². The van der Waals surface area contributed by atoms with E-state index in [1.165, 1.54) is 22.2 Å². The number of amides is 3. The average Bonchev–Trinajstić information content (AvgIpc) is 3.23. The molecule has 1 aliphatic rings. The summed E-state index contributed by atoms with van der Waals surface area (Å²) in [5.41, 5.74) is 1.15. The highest BCUT2D eigenvalue weighted by molar-refractivity contribution is 7.99. The van der Waals surface area contributed by atoms with E-state index in [0.29, 0.717) is 11.7 Å². The van der Waals surface area contributed by atoms with Crippen molar-refractivity contribution in [3.05, 3.63) is 20.8 Å². The van der Waals surface area contributed by atoms with E-state index in [1.807, 2.05) is 20.8 Å². The SMILES string of the molecule is CCCn1c(SCC(=O)NC(=O)N[C@H](C)CC)nc2sc3c(c2c1=O)CCC3. The lowest BCUT2D eigenvalue weighted by molar-refractivity contribution is -0.117. The topological polar surface area (TPSA) is 93.1 Å². The lowest BCUT2D eigenvalue weighted by Crippen LogP contribution is -2.44. The maximum absolute atomic E-state index is 13.1. The maximum Gasteiger partial charge on any atom is 0.321 e. The van der Waals surface area contributed by atoms with Crippen LogP contribution in [0.3, 0.4) is 0 Å². The Balaban J connectivity index is 1.77. The summed E-state index contributed by atoms with van der Waals surface area (Å²) in [7, 11) is 0. The van der Waals surface area contributed by atoms with Crippen molar-refractivity contribution >= 4 is 45.3 Å². The van der Waals surface area contributed by atoms with Gasteiger partial charge < -0.3 is 5.32 Å². The van der Waals surface area contributed by atoms with E-state index in [9.17, 15) is 14.4 Å². The van der Waals surface area contributed by atoms with E-state index in [4.69, 9.17) is 4.98 Å². The first-order chi connectivity index (χ1) is 13.4. The van der Waals surface area contributed by atoms with E-state index in [1.54, 1.807) is 15.9 Å². The van der Waals surface area contributed by atoms with Gasteiger partial charge in [0, 0.05) is 17.5 Å². The minimum atomic E-state index is -0.496. The zero-order chi connectivity index (χ0) is 20.3. The van der Waals surface area contributed by atoms with Gasteiger partial charge in [0.1, 0.15) is 4.83 Å². The van der Waals surface area contributed by atoms with Crippen LogP contribution in [0.2, 0.25) is 0 Å². The summed E-state index contributed by atoms with van der Waals surface area (Å²) in [5, 5.41) is 6.32. The summed E-state index contributed by atoms with van der Waals surface area (Å²) in [4.78, 5) is 43.7. The van der Waals surface area contributed by atoms with Crippen LogP contribution in [0.4, 0.5) is 4.79 Å². The molecule has 28 heavy (non-hydrogen) atoms. The Hall–Kier alpha value is -1.87. The number of thiophene rings is 1. The van der Waals surface area contributed by atoms with Crippen molar-refractivity contribution in [1.29, 1.82) is 0 Å². The molecule has 1 atom stereocenters. The van der Waals surface area contributed by atoms with Crippen molar-refractivity contribution in [3.8, 4) is 0 Å². The summed E-state index contributed by atoms with van der Waals surface area (Å²) in [5.74, 6) is -0.377. The van der Waals surface area contributed by atoms with Crippen LogP contribution < -0.4 is 16.2 Å². The predicted molar refractivity (Wildman–Crippen MR) is 113 cm³/mol. The number of rotatable bonds is 7. The van der Waals surface area contributed by atoms with Crippen molar-refractivity contribution < 1.29 is 9.59 Å². The quantitative estimate of drug-likeness (QED) is 0.528. The number of aromatic nitrogens is 2. The standard InChI is InChI=1S/C19H26N4O3S2/c1-4-9-23-17(25)15-12-7-6-8-13(12)28-16(15)22-19(23)27-10-14(24)21-18(26)20-11(3)5-2/h11H,4-10H2,1-3H3,(H2,20,21,24,26)/t11-/m1/s1. The molecule has 0 unspecified atom stereocenters. The number of nitrogens with zero attached hydrogens (tertiary/aromatic N) is 2. The normalized spacial score (nSPS) is 14.1. The first-order valence-electron chi connectivity index (χ1n) is 9.72. The zero-order valence-corrected chi connectivity index (χ0v) is 18.1. The molecule has 0 spiro atoms. The monoisotopic (exact) mass is 422 g/mol. The number of imide groups is 1. The number of urea groups is 1. The second-order valence-electron chi connectivity index (χ2n) is 7.01. The summed E-state index contributed by atoms with van der Waals surface area (Å²) in [6.45, 7) is 6.40. The Labute approximate surface area is 172 Å². The molecule has 2 aromatic heterocycles. The number of carbonyl (C=O) groups is 2. The van der Waals surface area contributed by atoms with Gasteiger partial charge in [-0.05, 0) is 44.6 Å². The van der Waals surface area contributed by atoms with Crippen LogP contribution in [0.1, 0.15) is 50.5 Å². The van der Waals surface area contributed by atoms with Gasteiger partial charge in [-0.3, -0.25) is 19.5 Å². The first-order valence-corrected chi connectivity index (χ1v) is 11.5. The Morgan fingerprint density at radius 1 is 1.32 bits per heavy atom. The number of hydrogen-bond acceptors (Lipinski definition) is 6. The molecule has 2 heterocycles. The highest BCUT2D eigenvalue weighted by Crippen LogP contribution is 2.35. The zero-order valence-electron chi connectivity index (χ0n) is 16.5. The van der Waals surface area contributed by atoms with Crippen LogP contribution in [0.15, 0.2) is 9.95 Å². The van der Waals surface area contributed by atoms with E-state index in [2.05, 4.69) is 10.6 Å². The largest absolute Gasteiger partial charge is 0.335 e. The molecule has 3 amide bonds. The summed E-state index contributed by atoms with van der Waals surface area (Å²) in [6.07, 6.45) is 4.64. The fraction of sp³-hybridized carbons (Fsp3) is 0.579. The fourth-order valence-corrected chi connectivity index (χ4v) is 5.37. The molecule has 0 fully saturated rings. The van der Waals surface area contributed by atoms with Gasteiger partial charge in [0.05, 0.1) is 11.1 Å². The third-order valence-corrected chi connectivity index (χ3v) is 6.97. The summed E-state index contributed by atoms with van der Waals surface area (Å²) >= 11 is 2.79. The van der Waals surface area contributed by atoms with Crippen LogP contribution in [0.25, 0.3) is 10.2 Å². The third-order valence-electron chi connectivity index (χ3n) is 4.81. The Bertz CT molecular complexity index is 951. The molecule has 3 rings (SSSR count). The number of hydrogen-bond donors (Lipinski definition) is 2. The van der Waals surface area contributed by atoms with Crippen molar-refractivity contribution in [2.45, 2.75) is 70.6 Å². The number of nitrogens with one attached hydrogen (secondary N) is 2. The van der Waals surface area contributed by atoms with Gasteiger partial charge >= 0.3 is 6.03 Å². The van der Waals surface area contributed by atoms with Crippen molar-refractivity contribution in [1.82, 2.24) is 20.2 Å². The first kappa shape index (κ1) is 20.9. The van der Waals surface area contributed by atoms with Crippen LogP contribution in [-0.4, -0.2) is 33.3 Å². The van der Waals surface area contributed by atoms with Gasteiger partial charge in [0.2, 0.25) is 5.91 Å². The molecule has 9 heteroatoms. The van der Waals surface area contributed by atoms with Crippen LogP contribution >= 0.6 is 23.1 Å². The molecule has 152 valence electrons. The highest BCUT2D eigenvalue weighted by Gasteiger charge is 2.23. The van der Waals surface area contributed by atoms with Crippen LogP contribution in [0.5, 0.6) is 0 Å². The van der Waals surface area contributed by atoms with Crippen LogP contribution in [-0.2, 0) is 24.2 Å². The van der Waals surface area contributed by atoms with Gasteiger partial charge in [0.25, 0.3) is 5.56 Å². The highest BCUT2D eigenvalue weighted by atomic mass is 32.2. The summed E-state index contributed by atoms with van der Waals surface area (Å²) in [6, 6.07) is -0.496. The Morgan fingerprint density at radius 3 is 2.82 bits per heavy atom. The molecular formula is C19H26N4O3S2. The van der Waals surface area contributed by atoms with Gasteiger partial charge in [-0.1, -0.05) is 25.6 Å². The molecule has 2 N–H and O–H groups in total. The molecule has 0 aliphatic heterocycles. The van der Waals surface area contributed by atoms with Gasteiger partial charge in [0.15, 0.2) is 5.16 Å². The molecular weight excluding hydrogens is 396 g/mol. The maximum atomic E-state index is 13.1. The molecule has 0 bridgehead atoms. The smallest absolute Gasteiger partial charge is 0.321 e. The Morgan fingerprint density at radius 2 is 2.11 bits per heavy atom. The second kappa shape index (κ2) is 9.09. The fourth-order valence-electron chi connectivity index (χ4n) is 3.24. The molecule has 0 radical (unpaired) electrons. The lowest BCUT2D eigenvalue weighted by atomic mass is 10.2. The Kier molecular flexibility index (Phi) is 6.77. The molecule has 7 nitrogen and oxygen atoms in total. The lowest BCUT2D eigenvalue weighted by Gasteiger charge is -2.13. The van der Waals surface area contributed by atoms with Gasteiger partial charge in [-0.25, -0.2) is 9.78 Å². The molecule has 2 aromatic rings. The number of carbonyl (C=O) groups excluding carboxylic acids is 2.